The van der Waals surface area contributed by atoms with Crippen LogP contribution in [0.3, 0.4) is 0 Å². The lowest BCUT2D eigenvalue weighted by atomic mass is 10.0. The van der Waals surface area contributed by atoms with Crippen molar-refractivity contribution >= 4 is 5.69 Å². The first-order valence-corrected chi connectivity index (χ1v) is 7.01. The van der Waals surface area contributed by atoms with E-state index in [0.717, 1.165) is 13.0 Å². The van der Waals surface area contributed by atoms with Crippen LogP contribution in [0.1, 0.15) is 23.6 Å². The highest BCUT2D eigenvalue weighted by molar-refractivity contribution is 5.54. The average molecular weight is 269 g/mol. The SMILES string of the molecule is Cc1cc(CC(C)N)ccc1N(C)Cc1ccncc1. The van der Waals surface area contributed by atoms with Crippen LogP contribution >= 0.6 is 0 Å². The summed E-state index contributed by atoms with van der Waals surface area (Å²) in [6, 6.07) is 10.9. The summed E-state index contributed by atoms with van der Waals surface area (Å²) < 4.78 is 0. The predicted octanol–water partition coefficient (Wildman–Crippen LogP) is 2.92. The average Bonchev–Trinajstić information content (AvgIpc) is 2.39. The van der Waals surface area contributed by atoms with E-state index in [0.29, 0.717) is 0 Å². The van der Waals surface area contributed by atoms with Gasteiger partial charge in [-0.1, -0.05) is 12.1 Å². The Morgan fingerprint density at radius 2 is 1.85 bits per heavy atom. The van der Waals surface area contributed by atoms with Crippen LogP contribution < -0.4 is 10.6 Å². The number of benzene rings is 1. The Hall–Kier alpha value is -1.87. The molecule has 1 aromatic heterocycles. The molecular weight excluding hydrogens is 246 g/mol. The van der Waals surface area contributed by atoms with E-state index in [2.05, 4.69) is 54.2 Å². The van der Waals surface area contributed by atoms with Gasteiger partial charge in [0.2, 0.25) is 0 Å². The van der Waals surface area contributed by atoms with Crippen molar-refractivity contribution in [2.24, 2.45) is 5.73 Å². The van der Waals surface area contributed by atoms with Crippen LogP contribution in [0.4, 0.5) is 5.69 Å². The van der Waals surface area contributed by atoms with E-state index in [1.807, 2.05) is 19.3 Å². The number of aryl methyl sites for hydroxylation is 1. The van der Waals surface area contributed by atoms with E-state index < -0.39 is 0 Å². The first kappa shape index (κ1) is 14.5. The Morgan fingerprint density at radius 3 is 2.45 bits per heavy atom. The van der Waals surface area contributed by atoms with E-state index in [4.69, 9.17) is 5.73 Å². The van der Waals surface area contributed by atoms with Crippen LogP contribution in [0.15, 0.2) is 42.7 Å². The van der Waals surface area contributed by atoms with Gasteiger partial charge in [-0.15, -0.1) is 0 Å². The molecule has 0 bridgehead atoms. The summed E-state index contributed by atoms with van der Waals surface area (Å²) in [4.78, 5) is 6.32. The zero-order valence-corrected chi connectivity index (χ0v) is 12.5. The quantitative estimate of drug-likeness (QED) is 0.907. The molecule has 3 heteroatoms. The second-order valence-corrected chi connectivity index (χ2v) is 5.51. The van der Waals surface area contributed by atoms with Crippen LogP contribution in [0, 0.1) is 6.92 Å². The Balaban J connectivity index is 2.12. The fourth-order valence-electron chi connectivity index (χ4n) is 2.49. The molecule has 0 aliphatic rings. The third-order valence-corrected chi connectivity index (χ3v) is 3.40. The van der Waals surface area contributed by atoms with Crippen LogP contribution in [-0.2, 0) is 13.0 Å². The van der Waals surface area contributed by atoms with Gasteiger partial charge in [0, 0.05) is 37.7 Å². The highest BCUT2D eigenvalue weighted by Crippen LogP contribution is 2.22. The first-order valence-electron chi connectivity index (χ1n) is 7.01. The molecule has 1 unspecified atom stereocenters. The van der Waals surface area contributed by atoms with E-state index in [9.17, 15) is 0 Å². The van der Waals surface area contributed by atoms with Crippen molar-refractivity contribution in [3.8, 4) is 0 Å². The van der Waals surface area contributed by atoms with Crippen molar-refractivity contribution in [1.29, 1.82) is 0 Å². The lowest BCUT2D eigenvalue weighted by molar-refractivity contribution is 0.737. The third-order valence-electron chi connectivity index (χ3n) is 3.40. The minimum atomic E-state index is 0.204. The number of pyridine rings is 1. The topological polar surface area (TPSA) is 42.1 Å². The third kappa shape index (κ3) is 3.81. The van der Waals surface area contributed by atoms with Crippen LogP contribution in [0.5, 0.6) is 0 Å². The largest absolute Gasteiger partial charge is 0.370 e. The molecule has 0 saturated carbocycles. The molecule has 0 amide bonds. The Bertz CT molecular complexity index is 549. The molecule has 0 spiro atoms. The summed E-state index contributed by atoms with van der Waals surface area (Å²) in [5.74, 6) is 0. The van der Waals surface area contributed by atoms with Gasteiger partial charge in [0.25, 0.3) is 0 Å². The fourth-order valence-corrected chi connectivity index (χ4v) is 2.49. The maximum atomic E-state index is 5.86. The van der Waals surface area contributed by atoms with Gasteiger partial charge in [-0.25, -0.2) is 0 Å². The van der Waals surface area contributed by atoms with Crippen molar-refractivity contribution in [2.75, 3.05) is 11.9 Å². The molecule has 0 saturated heterocycles. The minimum absolute atomic E-state index is 0.204. The number of nitrogens with zero attached hydrogens (tertiary/aromatic N) is 2. The molecule has 3 nitrogen and oxygen atoms in total. The summed E-state index contributed by atoms with van der Waals surface area (Å²) in [5.41, 5.74) is 11.0. The van der Waals surface area contributed by atoms with Crippen molar-refractivity contribution in [1.82, 2.24) is 4.98 Å². The first-order chi connectivity index (χ1) is 9.56. The smallest absolute Gasteiger partial charge is 0.0427 e. The fraction of sp³-hybridized carbons (Fsp3) is 0.353. The molecular formula is C17H23N3. The lowest BCUT2D eigenvalue weighted by Crippen LogP contribution is -2.19. The van der Waals surface area contributed by atoms with Gasteiger partial charge < -0.3 is 10.6 Å². The van der Waals surface area contributed by atoms with Gasteiger partial charge in [-0.2, -0.15) is 0 Å². The summed E-state index contributed by atoms with van der Waals surface area (Å²) in [5, 5.41) is 0. The van der Waals surface area contributed by atoms with Crippen molar-refractivity contribution in [3.05, 3.63) is 59.4 Å². The molecule has 2 rings (SSSR count). The molecule has 106 valence electrons. The second-order valence-electron chi connectivity index (χ2n) is 5.51. The monoisotopic (exact) mass is 269 g/mol. The second kappa shape index (κ2) is 6.53. The van der Waals surface area contributed by atoms with Crippen molar-refractivity contribution in [3.63, 3.8) is 0 Å². The lowest BCUT2D eigenvalue weighted by Gasteiger charge is -2.22. The number of rotatable bonds is 5. The Morgan fingerprint density at radius 1 is 1.15 bits per heavy atom. The molecule has 1 aromatic carbocycles. The Labute approximate surface area is 121 Å². The molecule has 0 aliphatic carbocycles. The molecule has 0 fully saturated rings. The van der Waals surface area contributed by atoms with Gasteiger partial charge in [0.05, 0.1) is 0 Å². The molecule has 0 aliphatic heterocycles. The van der Waals surface area contributed by atoms with Gasteiger partial charge >= 0.3 is 0 Å². The van der Waals surface area contributed by atoms with Crippen LogP contribution in [-0.4, -0.2) is 18.1 Å². The van der Waals surface area contributed by atoms with Crippen molar-refractivity contribution < 1.29 is 0 Å². The number of hydrogen-bond donors (Lipinski definition) is 1. The molecule has 2 aromatic rings. The van der Waals surface area contributed by atoms with E-state index >= 15 is 0 Å². The van der Waals surface area contributed by atoms with Gasteiger partial charge in [0.15, 0.2) is 0 Å². The van der Waals surface area contributed by atoms with E-state index in [1.165, 1.54) is 22.4 Å². The van der Waals surface area contributed by atoms with Gasteiger partial charge in [-0.3, -0.25) is 4.98 Å². The van der Waals surface area contributed by atoms with E-state index in [-0.39, 0.29) is 6.04 Å². The minimum Gasteiger partial charge on any atom is -0.370 e. The number of aromatic nitrogens is 1. The van der Waals surface area contributed by atoms with Crippen LogP contribution in [0.25, 0.3) is 0 Å². The molecule has 20 heavy (non-hydrogen) atoms. The number of nitrogens with two attached hydrogens (primary N) is 1. The van der Waals surface area contributed by atoms with Crippen molar-refractivity contribution in [2.45, 2.75) is 32.9 Å². The highest BCUT2D eigenvalue weighted by Gasteiger charge is 2.07. The molecule has 1 heterocycles. The standard InChI is InChI=1S/C17H23N3/c1-13-10-16(11-14(2)18)4-5-17(13)20(3)12-15-6-8-19-9-7-15/h4-10,14H,11-12,18H2,1-3H3. The zero-order valence-electron chi connectivity index (χ0n) is 12.5. The van der Waals surface area contributed by atoms with Gasteiger partial charge in [-0.05, 0) is 55.2 Å². The molecule has 1 atom stereocenters. The molecule has 0 radical (unpaired) electrons. The summed E-state index contributed by atoms with van der Waals surface area (Å²) in [7, 11) is 2.12. The highest BCUT2D eigenvalue weighted by atomic mass is 15.1. The number of anilines is 1. The summed E-state index contributed by atoms with van der Waals surface area (Å²) in [6.07, 6.45) is 4.60. The molecule has 2 N–H and O–H groups in total. The maximum absolute atomic E-state index is 5.86. The summed E-state index contributed by atoms with van der Waals surface area (Å²) in [6.45, 7) is 5.08. The number of hydrogen-bond acceptors (Lipinski definition) is 3. The van der Waals surface area contributed by atoms with E-state index in [1.54, 1.807) is 0 Å². The normalized spacial score (nSPS) is 12.2. The Kier molecular flexibility index (Phi) is 4.74. The zero-order chi connectivity index (χ0) is 14.5. The van der Waals surface area contributed by atoms with Crippen LogP contribution in [0.2, 0.25) is 0 Å². The predicted molar refractivity (Wildman–Crippen MR) is 84.9 cm³/mol. The summed E-state index contributed by atoms with van der Waals surface area (Å²) >= 11 is 0. The van der Waals surface area contributed by atoms with Gasteiger partial charge in [0.1, 0.15) is 0 Å². The maximum Gasteiger partial charge on any atom is 0.0427 e.